The average Bonchev–Trinajstić information content (AvgIpc) is 2.85. The Morgan fingerprint density at radius 2 is 1.62 bits per heavy atom. The summed E-state index contributed by atoms with van der Waals surface area (Å²) in [4.78, 5) is 39.7. The first-order valence-corrected chi connectivity index (χ1v) is 10.8. The largest absolute Gasteiger partial charge is 0.457 e. The van der Waals surface area contributed by atoms with Gasteiger partial charge in [0, 0.05) is 23.6 Å². The Labute approximate surface area is 212 Å². The molecule has 3 aromatic rings. The maximum absolute atomic E-state index is 13.0. The molecule has 14 heteroatoms. The van der Waals surface area contributed by atoms with E-state index >= 15 is 0 Å². The molecule has 3 rings (SSSR count). The number of nitrogens with zero attached hydrogens (tertiary/aromatic N) is 1. The van der Waals surface area contributed by atoms with Gasteiger partial charge >= 0.3 is 12.2 Å². The summed E-state index contributed by atoms with van der Waals surface area (Å²) >= 11 is 5.57. The zero-order valence-corrected chi connectivity index (χ0v) is 19.6. The minimum Gasteiger partial charge on any atom is -0.457 e. The lowest BCUT2D eigenvalue weighted by molar-refractivity contribution is -0.137. The smallest absolute Gasteiger partial charge is 0.417 e. The van der Waals surface area contributed by atoms with Gasteiger partial charge in [-0.15, -0.1) is 0 Å². The maximum Gasteiger partial charge on any atom is 0.417 e. The van der Waals surface area contributed by atoms with Crippen LogP contribution in [0.2, 0.25) is 5.02 Å². The molecule has 0 fully saturated rings. The fourth-order valence-corrected chi connectivity index (χ4v) is 3.11. The molecular weight excluding hydrogens is 519 g/mol. The van der Waals surface area contributed by atoms with Crippen molar-refractivity contribution in [2.75, 3.05) is 10.6 Å². The second-order valence-corrected chi connectivity index (χ2v) is 7.85. The van der Waals surface area contributed by atoms with E-state index in [1.54, 1.807) is 0 Å². The van der Waals surface area contributed by atoms with Gasteiger partial charge in [-0.25, -0.2) is 10.3 Å². The van der Waals surface area contributed by atoms with Crippen LogP contribution in [0.4, 0.5) is 29.3 Å². The molecule has 0 bridgehead atoms. The fourth-order valence-electron chi connectivity index (χ4n) is 2.89. The van der Waals surface area contributed by atoms with Crippen LogP contribution in [0, 0.1) is 0 Å². The summed E-state index contributed by atoms with van der Waals surface area (Å²) in [5, 5.41) is 15.3. The number of hydrogen-bond acceptors (Lipinski definition) is 6. The molecule has 10 nitrogen and oxygen atoms in total. The average molecular weight is 538 g/mol. The van der Waals surface area contributed by atoms with Crippen LogP contribution in [0.3, 0.4) is 0 Å². The van der Waals surface area contributed by atoms with Crippen LogP contribution in [0.5, 0.6) is 11.5 Å². The van der Waals surface area contributed by atoms with Crippen molar-refractivity contribution in [3.05, 3.63) is 77.1 Å². The van der Waals surface area contributed by atoms with Gasteiger partial charge in [0.15, 0.2) is 0 Å². The third-order valence-corrected chi connectivity index (χ3v) is 5.02. The molecule has 5 N–H and O–H groups in total. The summed E-state index contributed by atoms with van der Waals surface area (Å²) in [5.74, 6) is -0.886. The third kappa shape index (κ3) is 7.56. The molecule has 2 aromatic carbocycles. The lowest BCUT2D eigenvalue weighted by atomic mass is 10.2. The van der Waals surface area contributed by atoms with E-state index in [1.807, 2.05) is 0 Å². The van der Waals surface area contributed by atoms with Crippen molar-refractivity contribution in [2.24, 2.45) is 0 Å². The number of carbonyl (C=O) groups is 3. The number of hydroxylamine groups is 1. The van der Waals surface area contributed by atoms with E-state index in [1.165, 1.54) is 61.1 Å². The molecule has 0 aliphatic carbocycles. The molecule has 1 aromatic heterocycles. The van der Waals surface area contributed by atoms with Crippen LogP contribution in [-0.4, -0.2) is 34.1 Å². The number of urea groups is 1. The summed E-state index contributed by atoms with van der Waals surface area (Å²) in [6.07, 6.45) is -3.35. The van der Waals surface area contributed by atoms with Gasteiger partial charge in [0.05, 0.1) is 10.6 Å². The summed E-state index contributed by atoms with van der Waals surface area (Å²) < 4.78 is 44.6. The predicted molar refractivity (Wildman–Crippen MR) is 127 cm³/mol. The van der Waals surface area contributed by atoms with E-state index in [9.17, 15) is 27.6 Å². The normalized spacial score (nSPS) is 11.7. The van der Waals surface area contributed by atoms with Gasteiger partial charge < -0.3 is 20.7 Å². The van der Waals surface area contributed by atoms with Crippen LogP contribution < -0.4 is 26.2 Å². The minimum absolute atomic E-state index is 0.0408. The van der Waals surface area contributed by atoms with Gasteiger partial charge in [0.2, 0.25) is 0 Å². The number of pyridine rings is 1. The number of nitrogens with one attached hydrogen (secondary N) is 4. The second-order valence-electron chi connectivity index (χ2n) is 7.45. The summed E-state index contributed by atoms with van der Waals surface area (Å²) in [7, 11) is 0. The zero-order valence-electron chi connectivity index (χ0n) is 18.9. The van der Waals surface area contributed by atoms with E-state index in [4.69, 9.17) is 21.5 Å². The van der Waals surface area contributed by atoms with Crippen molar-refractivity contribution < 1.29 is 37.5 Å². The quantitative estimate of drug-likeness (QED) is 0.216. The molecule has 1 unspecified atom stereocenters. The number of hydrogen-bond donors (Lipinski definition) is 5. The molecule has 0 aliphatic rings. The van der Waals surface area contributed by atoms with Gasteiger partial charge in [-0.1, -0.05) is 11.6 Å². The lowest BCUT2D eigenvalue weighted by Gasteiger charge is -2.13. The molecule has 0 saturated carbocycles. The lowest BCUT2D eigenvalue weighted by Crippen LogP contribution is -2.44. The third-order valence-electron chi connectivity index (χ3n) is 4.69. The summed E-state index contributed by atoms with van der Waals surface area (Å²) in [5.41, 5.74) is 0.535. The number of benzene rings is 2. The predicted octanol–water partition coefficient (Wildman–Crippen LogP) is 4.81. The van der Waals surface area contributed by atoms with E-state index in [2.05, 4.69) is 20.9 Å². The van der Waals surface area contributed by atoms with E-state index in [0.29, 0.717) is 11.4 Å². The number of alkyl halides is 3. The Hall–Kier alpha value is -4.36. The van der Waals surface area contributed by atoms with E-state index < -0.39 is 40.6 Å². The molecule has 1 heterocycles. The molecule has 0 spiro atoms. The number of anilines is 2. The number of amides is 4. The molecule has 37 heavy (non-hydrogen) atoms. The second kappa shape index (κ2) is 11.6. The summed E-state index contributed by atoms with van der Waals surface area (Å²) in [6.45, 7) is 1.37. The van der Waals surface area contributed by atoms with Gasteiger partial charge in [0.25, 0.3) is 11.8 Å². The van der Waals surface area contributed by atoms with Crippen molar-refractivity contribution in [3.8, 4) is 11.5 Å². The van der Waals surface area contributed by atoms with E-state index in [-0.39, 0.29) is 17.1 Å². The standard InChI is InChI=1S/C23H19ClF3N5O5/c1-12(20(33)32-36)29-21(34)19-11-16(8-9-28-19)37-15-5-2-13(3-6-15)30-22(35)31-14-4-7-18(24)17(10-14)23(25,26)27/h2-12,36H,1H3,(H,29,34)(H,32,33)(H2,30,31,35). The Balaban J connectivity index is 1.60. The highest BCUT2D eigenvalue weighted by atomic mass is 35.5. The van der Waals surface area contributed by atoms with Gasteiger partial charge in [-0.05, 0) is 55.5 Å². The van der Waals surface area contributed by atoms with E-state index in [0.717, 1.165) is 12.1 Å². The van der Waals surface area contributed by atoms with Crippen LogP contribution in [0.1, 0.15) is 23.0 Å². The number of rotatable bonds is 7. The first-order valence-electron chi connectivity index (χ1n) is 10.4. The highest BCUT2D eigenvalue weighted by molar-refractivity contribution is 6.31. The number of halogens is 4. The first-order chi connectivity index (χ1) is 17.5. The summed E-state index contributed by atoms with van der Waals surface area (Å²) in [6, 6.07) is 10.0. The Morgan fingerprint density at radius 3 is 2.27 bits per heavy atom. The maximum atomic E-state index is 13.0. The number of carbonyl (C=O) groups excluding carboxylic acids is 3. The van der Waals surface area contributed by atoms with Crippen LogP contribution in [0.15, 0.2) is 60.8 Å². The molecule has 4 amide bonds. The van der Waals surface area contributed by atoms with Crippen LogP contribution in [0.25, 0.3) is 0 Å². The Bertz CT molecular complexity index is 1300. The van der Waals surface area contributed by atoms with Crippen molar-refractivity contribution in [2.45, 2.75) is 19.1 Å². The SMILES string of the molecule is CC(NC(=O)c1cc(Oc2ccc(NC(=O)Nc3ccc(Cl)c(C(F)(F)F)c3)cc2)ccn1)C(=O)NO. The van der Waals surface area contributed by atoms with Crippen molar-refractivity contribution in [3.63, 3.8) is 0 Å². The molecule has 0 radical (unpaired) electrons. The number of aromatic nitrogens is 1. The zero-order chi connectivity index (χ0) is 27.2. The van der Waals surface area contributed by atoms with Gasteiger partial charge in [-0.3, -0.25) is 19.8 Å². The Kier molecular flexibility index (Phi) is 8.52. The topological polar surface area (TPSA) is 142 Å². The van der Waals surface area contributed by atoms with Crippen LogP contribution in [-0.2, 0) is 11.0 Å². The Morgan fingerprint density at radius 1 is 0.973 bits per heavy atom. The van der Waals surface area contributed by atoms with Crippen LogP contribution >= 0.6 is 11.6 Å². The molecule has 1 atom stereocenters. The molecular formula is C23H19ClF3N5O5. The van der Waals surface area contributed by atoms with Gasteiger partial charge in [0.1, 0.15) is 23.2 Å². The molecule has 194 valence electrons. The first kappa shape index (κ1) is 27.2. The fraction of sp³-hybridized carbons (Fsp3) is 0.130. The highest BCUT2D eigenvalue weighted by Crippen LogP contribution is 2.36. The molecule has 0 saturated heterocycles. The minimum atomic E-state index is -4.67. The highest BCUT2D eigenvalue weighted by Gasteiger charge is 2.33. The van der Waals surface area contributed by atoms with Gasteiger partial charge in [-0.2, -0.15) is 13.2 Å². The monoisotopic (exact) mass is 537 g/mol. The van der Waals surface area contributed by atoms with Crippen molar-refractivity contribution >= 4 is 40.8 Å². The molecule has 0 aliphatic heterocycles. The van der Waals surface area contributed by atoms with Crippen molar-refractivity contribution in [1.82, 2.24) is 15.8 Å². The number of ether oxygens (including phenoxy) is 1. The van der Waals surface area contributed by atoms with Crippen molar-refractivity contribution in [1.29, 1.82) is 0 Å².